The van der Waals surface area contributed by atoms with Crippen molar-refractivity contribution < 1.29 is 9.59 Å². The van der Waals surface area contributed by atoms with Gasteiger partial charge in [0.25, 0.3) is 5.56 Å². The van der Waals surface area contributed by atoms with Gasteiger partial charge in [-0.05, 0) is 36.1 Å². The Labute approximate surface area is 191 Å². The van der Waals surface area contributed by atoms with Gasteiger partial charge >= 0.3 is 0 Å². The second-order valence-corrected chi connectivity index (χ2v) is 9.42. The van der Waals surface area contributed by atoms with E-state index in [-0.39, 0.29) is 17.7 Å². The van der Waals surface area contributed by atoms with E-state index in [1.165, 1.54) is 0 Å². The van der Waals surface area contributed by atoms with Gasteiger partial charge in [-0.15, -0.1) is 4.79 Å². The predicted octanol–water partition coefficient (Wildman–Crippen LogP) is 3.63. The largest absolute Gasteiger partial charge is 0.355 e. The van der Waals surface area contributed by atoms with E-state index in [4.69, 9.17) is 11.6 Å². The van der Waals surface area contributed by atoms with Gasteiger partial charge in [-0.2, -0.15) is 5.10 Å². The summed E-state index contributed by atoms with van der Waals surface area (Å²) in [5, 5.41) is 8.82. The van der Waals surface area contributed by atoms with Crippen LogP contribution in [0, 0.1) is 5.41 Å². The van der Waals surface area contributed by atoms with Crippen LogP contribution in [0.2, 0.25) is 5.02 Å². The number of carbonyl (C=O) groups excluding carboxylic acids is 2. The number of amides is 2. The third kappa shape index (κ3) is 5.73. The van der Waals surface area contributed by atoms with Crippen LogP contribution in [-0.2, 0) is 16.0 Å². The number of carbonyl (C=O) groups is 2. The molecule has 2 N–H and O–H groups in total. The molecule has 1 unspecified atom stereocenters. The number of hydrogen-bond acceptors (Lipinski definition) is 4. The first-order valence-corrected chi connectivity index (χ1v) is 10.8. The molecule has 1 heterocycles. The molecule has 1 aromatic heterocycles. The van der Waals surface area contributed by atoms with E-state index in [1.807, 2.05) is 20.8 Å². The number of halogens is 1. The third-order valence-corrected chi connectivity index (χ3v) is 5.19. The van der Waals surface area contributed by atoms with Gasteiger partial charge in [0.2, 0.25) is 11.8 Å². The van der Waals surface area contributed by atoms with Crippen molar-refractivity contribution >= 4 is 34.2 Å². The summed E-state index contributed by atoms with van der Waals surface area (Å²) in [5.41, 5.74) is 3.17. The molecule has 8 heteroatoms. The molecular weight excluding hydrogens is 428 g/mol. The monoisotopic (exact) mass is 454 g/mol. The van der Waals surface area contributed by atoms with Crippen LogP contribution in [0.4, 0.5) is 0 Å². The summed E-state index contributed by atoms with van der Waals surface area (Å²) in [6.45, 7) is 8.33. The lowest BCUT2D eigenvalue weighted by Gasteiger charge is -2.21. The fourth-order valence-electron chi connectivity index (χ4n) is 3.18. The summed E-state index contributed by atoms with van der Waals surface area (Å²) in [6.07, 6.45) is 0.0507. The fraction of sp³-hybridized carbons (Fsp3) is 0.333. The molecular formula is C24H27ClN4O3. The van der Waals surface area contributed by atoms with E-state index < -0.39 is 17.4 Å². The topological polar surface area (TPSA) is 93.1 Å². The lowest BCUT2D eigenvalue weighted by atomic mass is 9.96. The molecule has 0 aliphatic carbocycles. The number of hydrogen-bond donors (Lipinski definition) is 2. The van der Waals surface area contributed by atoms with Crippen molar-refractivity contribution in [2.45, 2.75) is 40.0 Å². The Morgan fingerprint density at radius 1 is 1.06 bits per heavy atom. The Bertz CT molecular complexity index is 1200. The molecule has 168 valence electrons. The lowest BCUT2D eigenvalue weighted by Crippen LogP contribution is -2.39. The van der Waals surface area contributed by atoms with Gasteiger partial charge in [0, 0.05) is 17.0 Å². The van der Waals surface area contributed by atoms with Crippen molar-refractivity contribution in [1.82, 2.24) is 15.2 Å². The summed E-state index contributed by atoms with van der Waals surface area (Å²) in [7, 11) is 0. The molecule has 0 radical (unpaired) electrons. The summed E-state index contributed by atoms with van der Waals surface area (Å²) in [6, 6.07) is 13.8. The highest BCUT2D eigenvalue weighted by atomic mass is 35.5. The van der Waals surface area contributed by atoms with Crippen LogP contribution in [0.1, 0.15) is 44.9 Å². The average Bonchev–Trinajstić information content (AvgIpc) is 2.74. The van der Waals surface area contributed by atoms with Crippen LogP contribution in [0.25, 0.3) is 10.8 Å². The minimum atomic E-state index is -0.623. The van der Waals surface area contributed by atoms with Gasteiger partial charge < -0.3 is 5.32 Å². The number of aromatic nitrogens is 2. The average molecular weight is 455 g/mol. The van der Waals surface area contributed by atoms with Crippen molar-refractivity contribution in [1.29, 1.82) is 0 Å². The van der Waals surface area contributed by atoms with E-state index in [1.54, 1.807) is 55.5 Å². The third-order valence-electron chi connectivity index (χ3n) is 4.94. The molecule has 0 bridgehead atoms. The molecule has 0 saturated carbocycles. The van der Waals surface area contributed by atoms with Crippen molar-refractivity contribution in [3.63, 3.8) is 0 Å². The Kier molecular flexibility index (Phi) is 6.99. The Hall–Kier alpha value is -3.19. The molecule has 3 aromatic rings. The first kappa shape index (κ1) is 23.5. The van der Waals surface area contributed by atoms with Crippen LogP contribution in [0.3, 0.4) is 0 Å². The maximum absolute atomic E-state index is 12.9. The number of rotatable bonds is 6. The van der Waals surface area contributed by atoms with Crippen LogP contribution in [0.15, 0.2) is 53.3 Å². The Morgan fingerprint density at radius 3 is 2.31 bits per heavy atom. The molecule has 32 heavy (non-hydrogen) atoms. The molecule has 2 amide bonds. The van der Waals surface area contributed by atoms with Crippen LogP contribution in [0.5, 0.6) is 0 Å². The maximum atomic E-state index is 12.9. The van der Waals surface area contributed by atoms with Crippen molar-refractivity contribution in [3.8, 4) is 0 Å². The van der Waals surface area contributed by atoms with Gasteiger partial charge in [-0.1, -0.05) is 62.7 Å². The zero-order chi connectivity index (χ0) is 23.5. The number of nitrogens with one attached hydrogen (secondary N) is 2. The second kappa shape index (κ2) is 9.53. The van der Waals surface area contributed by atoms with E-state index in [0.29, 0.717) is 28.0 Å². The van der Waals surface area contributed by atoms with Gasteiger partial charge in [0.1, 0.15) is 0 Å². The van der Waals surface area contributed by atoms with Crippen molar-refractivity contribution in [2.24, 2.45) is 5.41 Å². The lowest BCUT2D eigenvalue weighted by molar-refractivity contribution is -0.122. The van der Waals surface area contributed by atoms with Crippen LogP contribution >= 0.6 is 11.6 Å². The van der Waals surface area contributed by atoms with E-state index >= 15 is 0 Å². The zero-order valence-corrected chi connectivity index (χ0v) is 19.4. The molecule has 0 fully saturated rings. The second-order valence-electron chi connectivity index (χ2n) is 8.99. The smallest absolute Gasteiger partial charge is 0.294 e. The maximum Gasteiger partial charge on any atom is 0.294 e. The molecule has 7 nitrogen and oxygen atoms in total. The predicted molar refractivity (Wildman–Crippen MR) is 126 cm³/mol. The standard InChI is InChI=1S/C24H27ClN4O3/c1-15(22(31)26-14-24(2,3)4)21-18-7-5-6-8-19(18)23(32)29(28-21)27-20(30)13-16-9-11-17(25)12-10-16/h5-12,15H,13-14H2,1-4H3,(H,26,31)(H,27,30). The molecule has 0 spiro atoms. The van der Waals surface area contributed by atoms with Gasteiger partial charge in [-0.25, -0.2) is 5.43 Å². The molecule has 3 rings (SSSR count). The number of benzene rings is 2. The minimum absolute atomic E-state index is 0.0507. The fourth-order valence-corrected chi connectivity index (χ4v) is 3.31. The molecule has 0 saturated heterocycles. The van der Waals surface area contributed by atoms with Crippen LogP contribution in [-0.4, -0.2) is 28.2 Å². The number of fused-ring (bicyclic) bond motifs is 1. The molecule has 2 aromatic carbocycles. The first-order valence-electron chi connectivity index (χ1n) is 10.4. The minimum Gasteiger partial charge on any atom is -0.355 e. The van der Waals surface area contributed by atoms with Crippen molar-refractivity contribution in [3.05, 3.63) is 75.2 Å². The highest BCUT2D eigenvalue weighted by Gasteiger charge is 2.23. The normalized spacial score (nSPS) is 12.4. The van der Waals surface area contributed by atoms with Gasteiger partial charge in [0.15, 0.2) is 0 Å². The summed E-state index contributed by atoms with van der Waals surface area (Å²) in [5.74, 6) is -1.23. The van der Waals surface area contributed by atoms with Crippen LogP contribution < -0.4 is 16.3 Å². The van der Waals surface area contributed by atoms with E-state index in [0.717, 1.165) is 10.4 Å². The van der Waals surface area contributed by atoms with Crippen molar-refractivity contribution in [2.75, 3.05) is 12.0 Å². The first-order chi connectivity index (χ1) is 15.0. The molecule has 1 atom stereocenters. The quantitative estimate of drug-likeness (QED) is 0.594. The highest BCUT2D eigenvalue weighted by Crippen LogP contribution is 2.22. The van der Waals surface area contributed by atoms with Gasteiger partial charge in [-0.3, -0.25) is 14.4 Å². The molecule has 0 aliphatic heterocycles. The van der Waals surface area contributed by atoms with E-state index in [2.05, 4.69) is 15.8 Å². The Morgan fingerprint density at radius 2 is 1.69 bits per heavy atom. The SMILES string of the molecule is CC(C(=O)NCC(C)(C)C)c1nn(NC(=O)Cc2ccc(Cl)cc2)c(=O)c2ccccc12. The van der Waals surface area contributed by atoms with Gasteiger partial charge in [0.05, 0.1) is 23.4 Å². The molecule has 0 aliphatic rings. The highest BCUT2D eigenvalue weighted by molar-refractivity contribution is 6.30. The van der Waals surface area contributed by atoms with E-state index in [9.17, 15) is 14.4 Å². The summed E-state index contributed by atoms with van der Waals surface area (Å²) >= 11 is 5.89. The number of nitrogens with zero attached hydrogens (tertiary/aromatic N) is 2. The zero-order valence-electron chi connectivity index (χ0n) is 18.6. The summed E-state index contributed by atoms with van der Waals surface area (Å²) in [4.78, 5) is 39.2. The Balaban J connectivity index is 1.91. The summed E-state index contributed by atoms with van der Waals surface area (Å²) < 4.78 is 0.